The highest BCUT2D eigenvalue weighted by Crippen LogP contribution is 2.51. The van der Waals surface area contributed by atoms with Gasteiger partial charge in [0.15, 0.2) is 0 Å². The summed E-state index contributed by atoms with van der Waals surface area (Å²) in [4.78, 5) is 0. The van der Waals surface area contributed by atoms with Crippen molar-refractivity contribution >= 4 is 43.6 Å². The smallest absolute Gasteiger partial charge is 0.0597 e. The molecule has 302 valence electrons. The van der Waals surface area contributed by atoms with Gasteiger partial charge in [-0.15, -0.1) is 0 Å². The maximum absolute atomic E-state index is 2.56. The van der Waals surface area contributed by atoms with Crippen molar-refractivity contribution in [3.63, 3.8) is 0 Å². The van der Waals surface area contributed by atoms with Crippen molar-refractivity contribution in [1.82, 2.24) is 13.7 Å². The van der Waals surface area contributed by atoms with Gasteiger partial charge in [-0.05, 0) is 118 Å². The van der Waals surface area contributed by atoms with Gasteiger partial charge in [-0.2, -0.15) is 0 Å². The van der Waals surface area contributed by atoms with Crippen LogP contribution in [0.2, 0.25) is 0 Å². The van der Waals surface area contributed by atoms with Crippen LogP contribution in [0.3, 0.4) is 0 Å². The van der Waals surface area contributed by atoms with E-state index in [0.717, 1.165) is 12.1 Å². The van der Waals surface area contributed by atoms with Crippen molar-refractivity contribution in [1.29, 1.82) is 0 Å². The average Bonchev–Trinajstić information content (AvgIpc) is 4.00. The molecule has 0 N–H and O–H groups in total. The molecule has 1 atom stereocenters. The molecule has 3 heteroatoms. The number of aromatic nitrogens is 3. The summed E-state index contributed by atoms with van der Waals surface area (Å²) in [6.45, 7) is 2.42. The molecule has 1 aliphatic carbocycles. The van der Waals surface area contributed by atoms with Crippen LogP contribution < -0.4 is 0 Å². The van der Waals surface area contributed by atoms with Crippen LogP contribution in [-0.2, 0) is 6.42 Å². The van der Waals surface area contributed by atoms with E-state index in [1.165, 1.54) is 111 Å². The summed E-state index contributed by atoms with van der Waals surface area (Å²) in [5.74, 6) is 0.288. The zero-order valence-electron chi connectivity index (χ0n) is 35.5. The van der Waals surface area contributed by atoms with E-state index >= 15 is 0 Å². The SMILES string of the molecule is CC1Cc2c(n(-c3cccc(-c4ccccc4)c3)c3ccc(-c4ccc5c(c4)c4ccccc4n5-c4cccc(-c5ccccc5)c4)cc23)-c2c1n(-c1ccccc1)c1ccccc21. The molecule has 9 aromatic carbocycles. The van der Waals surface area contributed by atoms with Crippen LogP contribution >= 0.6 is 0 Å². The Balaban J connectivity index is 1.03. The van der Waals surface area contributed by atoms with E-state index in [4.69, 9.17) is 0 Å². The third-order valence-corrected chi connectivity index (χ3v) is 13.6. The predicted molar refractivity (Wildman–Crippen MR) is 268 cm³/mol. The molecular formula is C61H43N3. The van der Waals surface area contributed by atoms with Gasteiger partial charge in [0.25, 0.3) is 0 Å². The van der Waals surface area contributed by atoms with Gasteiger partial charge >= 0.3 is 0 Å². The van der Waals surface area contributed by atoms with Crippen molar-refractivity contribution in [3.8, 4) is 61.7 Å². The summed E-state index contributed by atoms with van der Waals surface area (Å²) in [7, 11) is 0. The normalized spacial score (nSPS) is 13.5. The van der Waals surface area contributed by atoms with Crippen LogP contribution in [0.1, 0.15) is 24.1 Å². The Morgan fingerprint density at radius 3 is 1.42 bits per heavy atom. The first kappa shape index (κ1) is 36.5. The van der Waals surface area contributed by atoms with E-state index in [2.05, 4.69) is 245 Å². The number of hydrogen-bond acceptors (Lipinski definition) is 0. The molecule has 0 spiro atoms. The van der Waals surface area contributed by atoms with Gasteiger partial charge in [0.1, 0.15) is 0 Å². The minimum atomic E-state index is 0.288. The van der Waals surface area contributed by atoms with Crippen LogP contribution in [-0.4, -0.2) is 13.7 Å². The van der Waals surface area contributed by atoms with Gasteiger partial charge in [0.2, 0.25) is 0 Å². The lowest BCUT2D eigenvalue weighted by Crippen LogP contribution is -2.13. The highest BCUT2D eigenvalue weighted by Gasteiger charge is 2.34. The Morgan fingerprint density at radius 2 is 0.781 bits per heavy atom. The maximum Gasteiger partial charge on any atom is 0.0597 e. The second-order valence-corrected chi connectivity index (χ2v) is 17.4. The second-order valence-electron chi connectivity index (χ2n) is 17.4. The van der Waals surface area contributed by atoms with Crippen molar-refractivity contribution in [2.75, 3.05) is 0 Å². The van der Waals surface area contributed by atoms with Crippen LogP contribution in [0.5, 0.6) is 0 Å². The van der Waals surface area contributed by atoms with Gasteiger partial charge in [-0.1, -0.05) is 159 Å². The lowest BCUT2D eigenvalue weighted by molar-refractivity contribution is 0.707. The Kier molecular flexibility index (Phi) is 8.26. The molecule has 3 heterocycles. The van der Waals surface area contributed by atoms with Crippen molar-refractivity contribution in [3.05, 3.63) is 236 Å². The van der Waals surface area contributed by atoms with Crippen LogP contribution in [0.15, 0.2) is 224 Å². The Bertz CT molecular complexity index is 3750. The molecule has 13 rings (SSSR count). The lowest BCUT2D eigenvalue weighted by atomic mass is 9.84. The van der Waals surface area contributed by atoms with Crippen molar-refractivity contribution < 1.29 is 0 Å². The van der Waals surface area contributed by atoms with Gasteiger partial charge in [0.05, 0.1) is 27.8 Å². The number of benzene rings is 9. The molecule has 0 fully saturated rings. The molecule has 0 bridgehead atoms. The molecule has 1 unspecified atom stereocenters. The molecule has 0 radical (unpaired) electrons. The van der Waals surface area contributed by atoms with E-state index in [9.17, 15) is 0 Å². The van der Waals surface area contributed by atoms with Crippen LogP contribution in [0.25, 0.3) is 105 Å². The quantitative estimate of drug-likeness (QED) is 0.159. The number of hydrogen-bond donors (Lipinski definition) is 0. The molecule has 3 nitrogen and oxygen atoms in total. The minimum absolute atomic E-state index is 0.288. The molecule has 0 aliphatic heterocycles. The summed E-state index contributed by atoms with van der Waals surface area (Å²) in [5, 5.41) is 5.10. The van der Waals surface area contributed by atoms with Gasteiger partial charge in [0, 0.05) is 55.8 Å². The summed E-state index contributed by atoms with van der Waals surface area (Å²) in [6, 6.07) is 82.5. The molecule has 3 aromatic heterocycles. The average molecular weight is 818 g/mol. The van der Waals surface area contributed by atoms with Gasteiger partial charge < -0.3 is 13.7 Å². The zero-order chi connectivity index (χ0) is 42.3. The van der Waals surface area contributed by atoms with Crippen molar-refractivity contribution in [2.45, 2.75) is 19.3 Å². The monoisotopic (exact) mass is 817 g/mol. The second kappa shape index (κ2) is 14.5. The number of nitrogens with zero attached hydrogens (tertiary/aromatic N) is 3. The van der Waals surface area contributed by atoms with E-state index in [1.807, 2.05) is 0 Å². The molecule has 1 aliphatic rings. The summed E-state index contributed by atoms with van der Waals surface area (Å²) in [5.41, 5.74) is 21.1. The van der Waals surface area contributed by atoms with Crippen LogP contribution in [0.4, 0.5) is 0 Å². The fraction of sp³-hybridized carbons (Fsp3) is 0.0492. The van der Waals surface area contributed by atoms with Gasteiger partial charge in [-0.3, -0.25) is 0 Å². The number of rotatable bonds is 6. The highest BCUT2D eigenvalue weighted by atomic mass is 15.0. The third kappa shape index (κ3) is 5.60. The Hall–Kier alpha value is -8.14. The number of para-hydroxylation sites is 3. The standard InChI is InChI=1S/C61H43N3/c1-40-35-54-53-39-46(45-31-33-57-52(38-45)50-27-11-13-29-55(50)62(57)48-25-15-21-43(36-48)41-17-5-2-6-18-41)32-34-58(53)64(49-26-16-22-44(37-49)42-19-7-3-8-20-42)61(54)59-51-28-12-14-30-56(51)63(60(40)59)47-23-9-4-10-24-47/h2-34,36-40H,35H2,1H3. The summed E-state index contributed by atoms with van der Waals surface area (Å²) in [6.07, 6.45) is 0.936. The lowest BCUT2D eigenvalue weighted by Gasteiger charge is -2.25. The number of fused-ring (bicyclic) bond motifs is 10. The van der Waals surface area contributed by atoms with E-state index in [-0.39, 0.29) is 5.92 Å². The fourth-order valence-electron chi connectivity index (χ4n) is 10.8. The first-order valence-electron chi connectivity index (χ1n) is 22.4. The minimum Gasteiger partial charge on any atom is -0.313 e. The molecule has 64 heavy (non-hydrogen) atoms. The molecule has 0 saturated heterocycles. The first-order valence-corrected chi connectivity index (χ1v) is 22.4. The highest BCUT2D eigenvalue weighted by molar-refractivity contribution is 6.11. The zero-order valence-corrected chi connectivity index (χ0v) is 35.5. The summed E-state index contributed by atoms with van der Waals surface area (Å²) >= 11 is 0. The molecule has 12 aromatic rings. The Morgan fingerprint density at radius 1 is 0.328 bits per heavy atom. The predicted octanol–water partition coefficient (Wildman–Crippen LogP) is 16.0. The third-order valence-electron chi connectivity index (χ3n) is 13.6. The van der Waals surface area contributed by atoms with Gasteiger partial charge in [-0.25, -0.2) is 0 Å². The molecular weight excluding hydrogens is 775 g/mol. The first-order chi connectivity index (χ1) is 31.7. The van der Waals surface area contributed by atoms with E-state index < -0.39 is 0 Å². The maximum atomic E-state index is 2.56. The van der Waals surface area contributed by atoms with Crippen molar-refractivity contribution in [2.24, 2.45) is 0 Å². The Labute approximate surface area is 372 Å². The molecule has 0 saturated carbocycles. The largest absolute Gasteiger partial charge is 0.313 e. The fourth-order valence-corrected chi connectivity index (χ4v) is 10.8. The van der Waals surface area contributed by atoms with E-state index in [0.29, 0.717) is 0 Å². The summed E-state index contributed by atoms with van der Waals surface area (Å²) < 4.78 is 7.51. The van der Waals surface area contributed by atoms with Crippen LogP contribution in [0, 0.1) is 0 Å². The van der Waals surface area contributed by atoms with E-state index in [1.54, 1.807) is 0 Å². The molecule has 0 amide bonds. The topological polar surface area (TPSA) is 14.8 Å².